The van der Waals surface area contributed by atoms with Crippen LogP contribution < -0.4 is 0 Å². The number of rotatable bonds is 1. The number of hydrogen-bond acceptors (Lipinski definition) is 1. The minimum atomic E-state index is -0.0236. The molecule has 0 saturated heterocycles. The maximum Gasteiger partial charge on any atom is 0.253 e. The van der Waals surface area contributed by atoms with Gasteiger partial charge in [-0.1, -0.05) is 17.9 Å². The van der Waals surface area contributed by atoms with Gasteiger partial charge in [0.05, 0.1) is 5.88 Å². The van der Waals surface area contributed by atoms with E-state index in [9.17, 15) is 4.79 Å². The molecule has 0 saturated carbocycles. The third kappa shape index (κ3) is 3.30. The van der Waals surface area contributed by atoms with E-state index in [1.54, 1.807) is 26.2 Å². The van der Waals surface area contributed by atoms with Crippen molar-refractivity contribution in [1.29, 1.82) is 0 Å². The highest BCUT2D eigenvalue weighted by molar-refractivity contribution is 6.19. The Morgan fingerprint density at radius 3 is 2.80 bits per heavy atom. The Morgan fingerprint density at radius 1 is 1.47 bits per heavy atom. The highest BCUT2D eigenvalue weighted by Crippen LogP contribution is 2.06. The molecule has 78 valence electrons. The lowest BCUT2D eigenvalue weighted by Crippen LogP contribution is -2.21. The molecule has 0 spiro atoms. The Balaban J connectivity index is 2.97. The number of benzene rings is 1. The van der Waals surface area contributed by atoms with Crippen molar-refractivity contribution >= 4 is 17.5 Å². The van der Waals surface area contributed by atoms with Gasteiger partial charge in [-0.05, 0) is 18.2 Å². The fraction of sp³-hybridized carbons (Fsp3) is 0.250. The number of amides is 1. The zero-order chi connectivity index (χ0) is 11.3. The molecule has 0 fully saturated rings. The van der Waals surface area contributed by atoms with Crippen LogP contribution >= 0.6 is 11.6 Å². The first-order valence-electron chi connectivity index (χ1n) is 4.51. The summed E-state index contributed by atoms with van der Waals surface area (Å²) in [4.78, 5) is 13.2. The predicted molar refractivity (Wildman–Crippen MR) is 62.1 cm³/mol. The summed E-state index contributed by atoms with van der Waals surface area (Å²) in [6.45, 7) is 0. The molecule has 1 aromatic rings. The van der Waals surface area contributed by atoms with Crippen molar-refractivity contribution in [3.05, 3.63) is 35.4 Å². The van der Waals surface area contributed by atoms with E-state index in [0.717, 1.165) is 5.56 Å². The second-order valence-electron chi connectivity index (χ2n) is 3.22. The molecule has 1 rings (SSSR count). The predicted octanol–water partition coefficient (Wildman–Crippen LogP) is 1.98. The first-order chi connectivity index (χ1) is 7.15. The van der Waals surface area contributed by atoms with Crippen LogP contribution in [0, 0.1) is 11.8 Å². The van der Waals surface area contributed by atoms with Gasteiger partial charge in [0.25, 0.3) is 5.91 Å². The summed E-state index contributed by atoms with van der Waals surface area (Å²) in [5.74, 6) is 5.90. The molecule has 0 atom stereocenters. The summed E-state index contributed by atoms with van der Waals surface area (Å²) >= 11 is 5.46. The standard InChI is InChI=1S/C12H12ClNO/c1-14(2)12(15)11-7-3-5-10(9-11)6-4-8-13/h3,5,7,9H,8H2,1-2H3. The summed E-state index contributed by atoms with van der Waals surface area (Å²) in [7, 11) is 3.44. The van der Waals surface area contributed by atoms with Crippen LogP contribution in [0.2, 0.25) is 0 Å². The fourth-order valence-corrected chi connectivity index (χ4v) is 1.19. The molecule has 3 heteroatoms. The topological polar surface area (TPSA) is 20.3 Å². The molecular formula is C12H12ClNO. The molecule has 15 heavy (non-hydrogen) atoms. The molecule has 0 bridgehead atoms. The molecule has 0 radical (unpaired) electrons. The van der Waals surface area contributed by atoms with E-state index >= 15 is 0 Å². The van der Waals surface area contributed by atoms with Crippen molar-refractivity contribution in [2.75, 3.05) is 20.0 Å². The average molecular weight is 222 g/mol. The second kappa shape index (κ2) is 5.43. The van der Waals surface area contributed by atoms with Gasteiger partial charge in [-0.2, -0.15) is 0 Å². The van der Waals surface area contributed by atoms with E-state index in [-0.39, 0.29) is 5.91 Å². The monoisotopic (exact) mass is 221 g/mol. The molecule has 2 nitrogen and oxygen atoms in total. The van der Waals surface area contributed by atoms with Gasteiger partial charge < -0.3 is 4.90 Å². The number of carbonyl (C=O) groups excluding carboxylic acids is 1. The normalized spacial score (nSPS) is 9.00. The zero-order valence-corrected chi connectivity index (χ0v) is 9.51. The highest BCUT2D eigenvalue weighted by Gasteiger charge is 2.06. The number of nitrogens with zero attached hydrogens (tertiary/aromatic N) is 1. The number of halogens is 1. The molecular weight excluding hydrogens is 210 g/mol. The van der Waals surface area contributed by atoms with Crippen molar-refractivity contribution in [3.8, 4) is 11.8 Å². The van der Waals surface area contributed by atoms with Gasteiger partial charge in [0, 0.05) is 25.2 Å². The molecule has 0 aliphatic carbocycles. The van der Waals surface area contributed by atoms with Crippen molar-refractivity contribution in [3.63, 3.8) is 0 Å². The van der Waals surface area contributed by atoms with Gasteiger partial charge >= 0.3 is 0 Å². The van der Waals surface area contributed by atoms with Crippen LogP contribution in [-0.2, 0) is 0 Å². The maximum atomic E-state index is 11.6. The van der Waals surface area contributed by atoms with Crippen molar-refractivity contribution < 1.29 is 4.79 Å². The van der Waals surface area contributed by atoms with Crippen LogP contribution in [-0.4, -0.2) is 30.8 Å². The lowest BCUT2D eigenvalue weighted by molar-refractivity contribution is 0.0827. The molecule has 0 aliphatic heterocycles. The third-order valence-corrected chi connectivity index (χ3v) is 1.95. The van der Waals surface area contributed by atoms with E-state index in [1.807, 2.05) is 12.1 Å². The molecule has 1 aromatic carbocycles. The van der Waals surface area contributed by atoms with Gasteiger partial charge in [-0.15, -0.1) is 11.6 Å². The summed E-state index contributed by atoms with van der Waals surface area (Å²) in [6.07, 6.45) is 0. The van der Waals surface area contributed by atoms with Gasteiger partial charge in [0.1, 0.15) is 0 Å². The molecule has 0 N–H and O–H groups in total. The lowest BCUT2D eigenvalue weighted by atomic mass is 10.1. The average Bonchev–Trinajstić information content (AvgIpc) is 2.25. The van der Waals surface area contributed by atoms with E-state index < -0.39 is 0 Å². The lowest BCUT2D eigenvalue weighted by Gasteiger charge is -2.09. The van der Waals surface area contributed by atoms with Crippen molar-refractivity contribution in [2.45, 2.75) is 0 Å². The number of alkyl halides is 1. The first-order valence-corrected chi connectivity index (χ1v) is 5.05. The Kier molecular flexibility index (Phi) is 4.20. The van der Waals surface area contributed by atoms with Crippen LogP contribution in [0.25, 0.3) is 0 Å². The quantitative estimate of drug-likeness (QED) is 0.525. The van der Waals surface area contributed by atoms with Gasteiger partial charge in [-0.25, -0.2) is 0 Å². The smallest absolute Gasteiger partial charge is 0.253 e. The highest BCUT2D eigenvalue weighted by atomic mass is 35.5. The van der Waals surface area contributed by atoms with Crippen LogP contribution in [0.4, 0.5) is 0 Å². The van der Waals surface area contributed by atoms with E-state index in [2.05, 4.69) is 11.8 Å². The summed E-state index contributed by atoms with van der Waals surface area (Å²) in [6, 6.07) is 7.21. The Morgan fingerprint density at radius 2 is 2.20 bits per heavy atom. The molecule has 0 heterocycles. The van der Waals surface area contributed by atoms with Crippen LogP contribution in [0.5, 0.6) is 0 Å². The van der Waals surface area contributed by atoms with Crippen LogP contribution in [0.3, 0.4) is 0 Å². The fourth-order valence-electron chi connectivity index (χ4n) is 1.12. The third-order valence-electron chi connectivity index (χ3n) is 1.82. The Bertz CT molecular complexity index is 415. The van der Waals surface area contributed by atoms with E-state index in [1.165, 1.54) is 4.90 Å². The molecule has 1 amide bonds. The summed E-state index contributed by atoms with van der Waals surface area (Å²) in [5, 5.41) is 0. The minimum Gasteiger partial charge on any atom is -0.345 e. The maximum absolute atomic E-state index is 11.6. The summed E-state index contributed by atoms with van der Waals surface area (Å²) in [5.41, 5.74) is 1.45. The molecule has 0 unspecified atom stereocenters. The van der Waals surface area contributed by atoms with Crippen molar-refractivity contribution in [1.82, 2.24) is 4.90 Å². The summed E-state index contributed by atoms with van der Waals surface area (Å²) < 4.78 is 0. The van der Waals surface area contributed by atoms with E-state index in [4.69, 9.17) is 11.6 Å². The molecule has 0 aliphatic rings. The van der Waals surface area contributed by atoms with E-state index in [0.29, 0.717) is 11.4 Å². The van der Waals surface area contributed by atoms with Gasteiger partial charge in [-0.3, -0.25) is 4.79 Å². The zero-order valence-electron chi connectivity index (χ0n) is 8.75. The number of hydrogen-bond donors (Lipinski definition) is 0. The SMILES string of the molecule is CN(C)C(=O)c1cccc(C#CCCl)c1. The first kappa shape index (κ1) is 11.6. The van der Waals surface area contributed by atoms with Gasteiger partial charge in [0.2, 0.25) is 0 Å². The number of carbonyl (C=O) groups is 1. The molecule has 0 aromatic heterocycles. The van der Waals surface area contributed by atoms with Crippen molar-refractivity contribution in [2.24, 2.45) is 0 Å². The second-order valence-corrected chi connectivity index (χ2v) is 3.48. The Hall–Kier alpha value is -1.46. The minimum absolute atomic E-state index is 0.0236. The van der Waals surface area contributed by atoms with Crippen LogP contribution in [0.1, 0.15) is 15.9 Å². The van der Waals surface area contributed by atoms with Crippen LogP contribution in [0.15, 0.2) is 24.3 Å². The van der Waals surface area contributed by atoms with Gasteiger partial charge in [0.15, 0.2) is 0 Å². The Labute approximate surface area is 94.8 Å². The largest absolute Gasteiger partial charge is 0.345 e.